The van der Waals surface area contributed by atoms with Crippen LogP contribution in [0.4, 0.5) is 0 Å². The predicted octanol–water partition coefficient (Wildman–Crippen LogP) is 11.5. The third kappa shape index (κ3) is 4.08. The Bertz CT molecular complexity index is 2760. The third-order valence-corrected chi connectivity index (χ3v) is 9.10. The Balaban J connectivity index is 1.37. The van der Waals surface area contributed by atoms with Gasteiger partial charge in [-0.25, -0.2) is 15.0 Å². The molecule has 0 N–H and O–H groups in total. The van der Waals surface area contributed by atoms with Gasteiger partial charge in [0, 0.05) is 32.7 Å². The molecule has 0 saturated heterocycles. The SMILES string of the molecule is c1ccc(-c2cc(-c3nc(-c4ccccc4)nc(-c4ccccc4)n3)c3oc4c5ccccc5c5c6ccccc6oc5c4c3c2)cc1. The molecule has 0 aliphatic carbocycles. The topological polar surface area (TPSA) is 65.0 Å². The summed E-state index contributed by atoms with van der Waals surface area (Å²) in [5, 5.41) is 6.17. The summed E-state index contributed by atoms with van der Waals surface area (Å²) in [6.45, 7) is 0. The lowest BCUT2D eigenvalue weighted by molar-refractivity contribution is 0.665. The minimum Gasteiger partial charge on any atom is -0.455 e. The second-order valence-corrected chi connectivity index (χ2v) is 12.0. The third-order valence-electron chi connectivity index (χ3n) is 9.10. The molecule has 48 heavy (non-hydrogen) atoms. The first-order valence-corrected chi connectivity index (χ1v) is 15.9. The number of rotatable bonds is 4. The number of hydrogen-bond donors (Lipinski definition) is 0. The Morgan fingerprint density at radius 3 is 1.54 bits per heavy atom. The lowest BCUT2D eigenvalue weighted by Gasteiger charge is -2.10. The van der Waals surface area contributed by atoms with Gasteiger partial charge in [0.15, 0.2) is 17.5 Å². The fourth-order valence-electron chi connectivity index (χ4n) is 6.90. The van der Waals surface area contributed by atoms with Gasteiger partial charge < -0.3 is 8.83 Å². The highest BCUT2D eigenvalue weighted by molar-refractivity contribution is 6.34. The minimum absolute atomic E-state index is 0.537. The van der Waals surface area contributed by atoms with Crippen LogP contribution in [0.3, 0.4) is 0 Å². The maximum atomic E-state index is 6.98. The van der Waals surface area contributed by atoms with Crippen LogP contribution in [0.2, 0.25) is 0 Å². The highest BCUT2D eigenvalue weighted by Crippen LogP contribution is 2.47. The maximum absolute atomic E-state index is 6.98. The van der Waals surface area contributed by atoms with Crippen LogP contribution in [0.25, 0.3) is 99.9 Å². The molecule has 0 amide bonds. The molecule has 0 radical (unpaired) electrons. The van der Waals surface area contributed by atoms with Gasteiger partial charge in [-0.3, -0.25) is 0 Å². The molecular formula is C43H25N3O2. The van der Waals surface area contributed by atoms with Crippen LogP contribution in [0, 0.1) is 0 Å². The van der Waals surface area contributed by atoms with Gasteiger partial charge in [0.1, 0.15) is 22.3 Å². The highest BCUT2D eigenvalue weighted by Gasteiger charge is 2.24. The molecule has 0 aliphatic heterocycles. The van der Waals surface area contributed by atoms with Crippen LogP contribution < -0.4 is 0 Å². The van der Waals surface area contributed by atoms with E-state index in [1.54, 1.807) is 0 Å². The summed E-state index contributed by atoms with van der Waals surface area (Å²) in [5.74, 6) is 1.73. The molecule has 10 aromatic rings. The summed E-state index contributed by atoms with van der Waals surface area (Å²) in [6, 6.07) is 51.4. The Morgan fingerprint density at radius 2 is 0.875 bits per heavy atom. The van der Waals surface area contributed by atoms with Crippen LogP contribution in [0.15, 0.2) is 160 Å². The largest absolute Gasteiger partial charge is 0.455 e. The highest BCUT2D eigenvalue weighted by atomic mass is 16.3. The van der Waals surface area contributed by atoms with Crippen molar-refractivity contribution in [2.45, 2.75) is 0 Å². The number of fused-ring (bicyclic) bond motifs is 10. The fourth-order valence-corrected chi connectivity index (χ4v) is 6.90. The van der Waals surface area contributed by atoms with Crippen molar-refractivity contribution in [3.05, 3.63) is 152 Å². The van der Waals surface area contributed by atoms with Gasteiger partial charge in [-0.2, -0.15) is 0 Å². The normalized spacial score (nSPS) is 11.8. The molecule has 7 aromatic carbocycles. The minimum atomic E-state index is 0.537. The van der Waals surface area contributed by atoms with Crippen LogP contribution in [-0.2, 0) is 0 Å². The predicted molar refractivity (Wildman–Crippen MR) is 194 cm³/mol. The Labute approximate surface area is 274 Å². The van der Waals surface area contributed by atoms with Crippen molar-refractivity contribution in [1.29, 1.82) is 0 Å². The molecule has 0 atom stereocenters. The molecule has 0 saturated carbocycles. The lowest BCUT2D eigenvalue weighted by Crippen LogP contribution is -2.00. The van der Waals surface area contributed by atoms with Crippen molar-refractivity contribution in [2.24, 2.45) is 0 Å². The van der Waals surface area contributed by atoms with Gasteiger partial charge in [-0.1, -0.05) is 133 Å². The van der Waals surface area contributed by atoms with E-state index in [-0.39, 0.29) is 0 Å². The molecule has 0 aliphatic rings. The summed E-state index contributed by atoms with van der Waals surface area (Å²) in [6.07, 6.45) is 0. The molecule has 5 heteroatoms. The number of aromatic nitrogens is 3. The van der Waals surface area contributed by atoms with Gasteiger partial charge in [-0.15, -0.1) is 0 Å². The van der Waals surface area contributed by atoms with Gasteiger partial charge >= 0.3 is 0 Å². The van der Waals surface area contributed by atoms with E-state index in [1.807, 2.05) is 78.9 Å². The smallest absolute Gasteiger partial charge is 0.167 e. The van der Waals surface area contributed by atoms with Gasteiger partial charge in [0.2, 0.25) is 0 Å². The molecule has 0 unspecified atom stereocenters. The van der Waals surface area contributed by atoms with Gasteiger partial charge in [0.25, 0.3) is 0 Å². The number of para-hydroxylation sites is 1. The van der Waals surface area contributed by atoms with Crippen molar-refractivity contribution in [1.82, 2.24) is 15.0 Å². The molecule has 3 aromatic heterocycles. The number of benzene rings is 7. The van der Waals surface area contributed by atoms with Gasteiger partial charge in [0.05, 0.1) is 10.9 Å². The van der Waals surface area contributed by atoms with E-state index in [1.165, 1.54) is 0 Å². The van der Waals surface area contributed by atoms with Crippen molar-refractivity contribution in [3.63, 3.8) is 0 Å². The monoisotopic (exact) mass is 615 g/mol. The molecule has 5 nitrogen and oxygen atoms in total. The zero-order chi connectivity index (χ0) is 31.6. The Kier molecular flexibility index (Phi) is 5.81. The van der Waals surface area contributed by atoms with Crippen LogP contribution in [-0.4, -0.2) is 15.0 Å². The van der Waals surface area contributed by atoms with Crippen molar-refractivity contribution in [3.8, 4) is 45.3 Å². The first kappa shape index (κ1) is 26.6. The summed E-state index contributed by atoms with van der Waals surface area (Å²) in [4.78, 5) is 15.2. The molecule has 224 valence electrons. The van der Waals surface area contributed by atoms with E-state index in [2.05, 4.69) is 72.8 Å². The van der Waals surface area contributed by atoms with Crippen molar-refractivity contribution < 1.29 is 8.83 Å². The van der Waals surface area contributed by atoms with E-state index in [0.29, 0.717) is 23.1 Å². The molecule has 0 fully saturated rings. The first-order valence-electron chi connectivity index (χ1n) is 15.9. The Morgan fingerprint density at radius 1 is 0.333 bits per heavy atom. The van der Waals surface area contributed by atoms with E-state index < -0.39 is 0 Å². The van der Waals surface area contributed by atoms with E-state index in [0.717, 1.165) is 76.9 Å². The number of hydrogen-bond acceptors (Lipinski definition) is 5. The summed E-state index contributed by atoms with van der Waals surface area (Å²) < 4.78 is 13.7. The number of furan rings is 2. The van der Waals surface area contributed by atoms with Crippen LogP contribution in [0.1, 0.15) is 0 Å². The van der Waals surface area contributed by atoms with Crippen molar-refractivity contribution >= 4 is 54.6 Å². The summed E-state index contributed by atoms with van der Waals surface area (Å²) in [5.41, 5.74) is 7.85. The fraction of sp³-hybridized carbons (Fsp3) is 0. The van der Waals surface area contributed by atoms with E-state index >= 15 is 0 Å². The summed E-state index contributed by atoms with van der Waals surface area (Å²) >= 11 is 0. The van der Waals surface area contributed by atoms with Crippen LogP contribution >= 0.6 is 0 Å². The second-order valence-electron chi connectivity index (χ2n) is 12.0. The quantitative estimate of drug-likeness (QED) is 0.197. The lowest BCUT2D eigenvalue weighted by atomic mass is 9.96. The summed E-state index contributed by atoms with van der Waals surface area (Å²) in [7, 11) is 0. The zero-order valence-electron chi connectivity index (χ0n) is 25.6. The standard InChI is InChI=1S/C43H25N3O2/c1-4-14-26(15-5-1)29-24-33-37-39(31-21-11-10-20-30(31)36-32-22-12-13-23-35(32)47-40(36)37)48-38(33)34(25-29)43-45-41(27-16-6-2-7-17-27)44-42(46-43)28-18-8-3-9-19-28/h1-25H. The molecule has 0 spiro atoms. The molecule has 10 rings (SSSR count). The second kappa shape index (κ2) is 10.5. The van der Waals surface area contributed by atoms with E-state index in [9.17, 15) is 0 Å². The maximum Gasteiger partial charge on any atom is 0.167 e. The first-order chi connectivity index (χ1) is 23.8. The van der Waals surface area contributed by atoms with Gasteiger partial charge in [-0.05, 0) is 34.7 Å². The average Bonchev–Trinajstić information content (AvgIpc) is 3.75. The zero-order valence-corrected chi connectivity index (χ0v) is 25.6. The van der Waals surface area contributed by atoms with E-state index in [4.69, 9.17) is 23.8 Å². The van der Waals surface area contributed by atoms with Crippen molar-refractivity contribution in [2.75, 3.05) is 0 Å². The molecule has 0 bridgehead atoms. The Hall–Kier alpha value is -6.59. The van der Waals surface area contributed by atoms with Crippen LogP contribution in [0.5, 0.6) is 0 Å². The average molecular weight is 616 g/mol. The molecule has 3 heterocycles. The number of nitrogens with zero attached hydrogens (tertiary/aromatic N) is 3. The molecular weight excluding hydrogens is 590 g/mol.